The summed E-state index contributed by atoms with van der Waals surface area (Å²) in [5, 5.41) is 1.06. The minimum Gasteiger partial charge on any atom is -0.346 e. The van der Waals surface area contributed by atoms with E-state index < -0.39 is 0 Å². The van der Waals surface area contributed by atoms with E-state index in [0.717, 1.165) is 36.3 Å². The van der Waals surface area contributed by atoms with Crippen LogP contribution in [0, 0.1) is 13.8 Å². The fourth-order valence-electron chi connectivity index (χ4n) is 3.74. The van der Waals surface area contributed by atoms with E-state index in [1.807, 2.05) is 20.0 Å². The Labute approximate surface area is 128 Å². The second-order valence-corrected chi connectivity index (χ2v) is 6.95. The van der Waals surface area contributed by atoms with Crippen molar-refractivity contribution in [2.45, 2.75) is 44.9 Å². The third-order valence-corrected chi connectivity index (χ3v) is 5.59. The molecule has 3 heterocycles. The van der Waals surface area contributed by atoms with Gasteiger partial charge in [0.15, 0.2) is 0 Å². The predicted molar refractivity (Wildman–Crippen MR) is 82.9 cm³/mol. The summed E-state index contributed by atoms with van der Waals surface area (Å²) in [6, 6.07) is 0. The van der Waals surface area contributed by atoms with Crippen LogP contribution in [0.2, 0.25) is 0 Å². The molecule has 1 fully saturated rings. The van der Waals surface area contributed by atoms with Gasteiger partial charge in [-0.2, -0.15) is 4.37 Å². The maximum atomic E-state index is 4.79. The van der Waals surface area contributed by atoms with E-state index in [4.69, 9.17) is 4.98 Å². The van der Waals surface area contributed by atoms with Gasteiger partial charge in [-0.25, -0.2) is 15.0 Å². The minimum absolute atomic E-state index is 0.195. The topological polar surface area (TPSA) is 54.8 Å². The number of nitrogens with zero attached hydrogens (tertiary/aromatic N) is 5. The van der Waals surface area contributed by atoms with Crippen LogP contribution in [0.1, 0.15) is 42.2 Å². The zero-order chi connectivity index (χ0) is 14.4. The number of fused-ring (bicyclic) bond motifs is 2. The quantitative estimate of drug-likeness (QED) is 0.809. The molecule has 110 valence electrons. The van der Waals surface area contributed by atoms with Crippen LogP contribution in [0.3, 0.4) is 0 Å². The Morgan fingerprint density at radius 1 is 1.19 bits per heavy atom. The van der Waals surface area contributed by atoms with Crippen LogP contribution in [0.25, 0.3) is 0 Å². The summed E-state index contributed by atoms with van der Waals surface area (Å²) in [4.78, 5) is 16.1. The van der Waals surface area contributed by atoms with E-state index in [2.05, 4.69) is 19.2 Å². The summed E-state index contributed by atoms with van der Waals surface area (Å²) >= 11 is 1.51. The molecule has 0 radical (unpaired) electrons. The van der Waals surface area contributed by atoms with Gasteiger partial charge in [-0.1, -0.05) is 0 Å². The Hall–Kier alpha value is -1.56. The van der Waals surface area contributed by atoms with E-state index >= 15 is 0 Å². The number of piperidine rings is 1. The third-order valence-electron chi connectivity index (χ3n) is 4.72. The normalized spacial score (nSPS) is 24.6. The molecule has 1 unspecified atom stereocenters. The van der Waals surface area contributed by atoms with E-state index in [9.17, 15) is 0 Å². The largest absolute Gasteiger partial charge is 0.346 e. The summed E-state index contributed by atoms with van der Waals surface area (Å²) in [7, 11) is 0. The monoisotopic (exact) mass is 301 g/mol. The Morgan fingerprint density at radius 2 is 2.10 bits per heavy atom. The first-order valence-corrected chi connectivity index (χ1v) is 8.32. The average molecular weight is 301 g/mol. The Bertz CT molecular complexity index is 678. The first-order chi connectivity index (χ1) is 10.2. The highest BCUT2D eigenvalue weighted by Crippen LogP contribution is 2.44. The van der Waals surface area contributed by atoms with Crippen LogP contribution in [-0.4, -0.2) is 32.4 Å². The van der Waals surface area contributed by atoms with Crippen LogP contribution in [-0.2, 0) is 11.8 Å². The maximum Gasteiger partial charge on any atom is 0.205 e. The molecule has 2 aromatic heterocycles. The number of rotatable bonds is 1. The van der Waals surface area contributed by atoms with Crippen molar-refractivity contribution in [3.63, 3.8) is 0 Å². The molecule has 0 aromatic carbocycles. The standard InChI is InChI=1S/C15H19N5S/c1-10-16-8-12-4-6-15(13(12)17-10)5-3-7-20(9-15)14-18-11(2)19-21-14/h8H,3-7,9H2,1-2H3. The van der Waals surface area contributed by atoms with Gasteiger partial charge in [0.05, 0.1) is 5.69 Å². The van der Waals surface area contributed by atoms with Gasteiger partial charge in [0.1, 0.15) is 11.6 Å². The first-order valence-electron chi connectivity index (χ1n) is 7.55. The molecule has 0 bridgehead atoms. The molecular weight excluding hydrogens is 282 g/mol. The highest BCUT2D eigenvalue weighted by atomic mass is 32.1. The molecule has 1 aliphatic carbocycles. The zero-order valence-electron chi connectivity index (χ0n) is 12.5. The van der Waals surface area contributed by atoms with Crippen molar-refractivity contribution < 1.29 is 0 Å². The van der Waals surface area contributed by atoms with E-state index in [0.29, 0.717) is 0 Å². The summed E-state index contributed by atoms with van der Waals surface area (Å²) in [6.45, 7) is 6.04. The van der Waals surface area contributed by atoms with Crippen LogP contribution < -0.4 is 4.90 Å². The Balaban J connectivity index is 1.69. The van der Waals surface area contributed by atoms with E-state index in [-0.39, 0.29) is 5.41 Å². The second kappa shape index (κ2) is 4.73. The van der Waals surface area contributed by atoms with Crippen molar-refractivity contribution in [2.75, 3.05) is 18.0 Å². The lowest BCUT2D eigenvalue weighted by molar-refractivity contribution is 0.334. The minimum atomic E-state index is 0.195. The third kappa shape index (κ3) is 2.12. The van der Waals surface area contributed by atoms with Gasteiger partial charge in [-0.15, -0.1) is 0 Å². The highest BCUT2D eigenvalue weighted by Gasteiger charge is 2.44. The van der Waals surface area contributed by atoms with Crippen molar-refractivity contribution in [3.8, 4) is 0 Å². The average Bonchev–Trinajstić information content (AvgIpc) is 3.05. The van der Waals surface area contributed by atoms with Gasteiger partial charge >= 0.3 is 0 Å². The fraction of sp³-hybridized carbons (Fsp3) is 0.600. The maximum absolute atomic E-state index is 4.79. The molecule has 1 saturated heterocycles. The molecule has 21 heavy (non-hydrogen) atoms. The Morgan fingerprint density at radius 3 is 2.90 bits per heavy atom. The summed E-state index contributed by atoms with van der Waals surface area (Å²) < 4.78 is 4.33. The molecule has 0 saturated carbocycles. The van der Waals surface area contributed by atoms with Crippen molar-refractivity contribution in [1.29, 1.82) is 0 Å². The van der Waals surface area contributed by atoms with Crippen LogP contribution in [0.15, 0.2) is 6.20 Å². The number of hydrogen-bond donors (Lipinski definition) is 0. The fourth-order valence-corrected chi connectivity index (χ4v) is 4.44. The predicted octanol–water partition coefficient (Wildman–Crippen LogP) is 2.43. The van der Waals surface area contributed by atoms with Gasteiger partial charge in [-0.05, 0) is 45.1 Å². The molecular formula is C15H19N5S. The zero-order valence-corrected chi connectivity index (χ0v) is 13.3. The van der Waals surface area contributed by atoms with Crippen molar-refractivity contribution in [3.05, 3.63) is 29.1 Å². The molecule has 1 atom stereocenters. The van der Waals surface area contributed by atoms with E-state index in [1.165, 1.54) is 42.1 Å². The lowest BCUT2D eigenvalue weighted by Gasteiger charge is -2.40. The van der Waals surface area contributed by atoms with Crippen molar-refractivity contribution >= 4 is 16.7 Å². The SMILES string of the molecule is Cc1nsc(N2CCCC3(CCc4cnc(C)nc43)C2)n1. The molecule has 4 rings (SSSR count). The van der Waals surface area contributed by atoms with Gasteiger partial charge in [0, 0.05) is 36.2 Å². The molecule has 2 aromatic rings. The summed E-state index contributed by atoms with van der Waals surface area (Å²) in [6.07, 6.45) is 6.75. The molecule has 0 amide bonds. The lowest BCUT2D eigenvalue weighted by Crippen LogP contribution is -2.45. The lowest BCUT2D eigenvalue weighted by atomic mass is 9.77. The summed E-state index contributed by atoms with van der Waals surface area (Å²) in [5.41, 5.74) is 2.83. The first kappa shape index (κ1) is 13.1. The number of anilines is 1. The van der Waals surface area contributed by atoms with Crippen LogP contribution in [0.4, 0.5) is 5.13 Å². The van der Waals surface area contributed by atoms with Gasteiger partial charge in [0.25, 0.3) is 0 Å². The van der Waals surface area contributed by atoms with Gasteiger partial charge in [0.2, 0.25) is 5.13 Å². The summed E-state index contributed by atoms with van der Waals surface area (Å²) in [5.74, 6) is 1.76. The van der Waals surface area contributed by atoms with Crippen LogP contribution >= 0.6 is 11.5 Å². The number of aromatic nitrogens is 4. The Kier molecular flexibility index (Phi) is 2.96. The van der Waals surface area contributed by atoms with Crippen molar-refractivity contribution in [2.24, 2.45) is 0 Å². The number of hydrogen-bond acceptors (Lipinski definition) is 6. The van der Waals surface area contributed by atoms with Crippen LogP contribution in [0.5, 0.6) is 0 Å². The van der Waals surface area contributed by atoms with Crippen molar-refractivity contribution in [1.82, 2.24) is 19.3 Å². The molecule has 1 spiro atoms. The van der Waals surface area contributed by atoms with Gasteiger partial charge < -0.3 is 4.90 Å². The number of aryl methyl sites for hydroxylation is 3. The molecule has 1 aliphatic heterocycles. The second-order valence-electron chi connectivity index (χ2n) is 6.22. The molecule has 5 nitrogen and oxygen atoms in total. The van der Waals surface area contributed by atoms with Gasteiger partial charge in [-0.3, -0.25) is 0 Å². The van der Waals surface area contributed by atoms with E-state index in [1.54, 1.807) is 0 Å². The molecule has 0 N–H and O–H groups in total. The molecule has 6 heteroatoms. The molecule has 2 aliphatic rings. The smallest absolute Gasteiger partial charge is 0.205 e. The highest BCUT2D eigenvalue weighted by molar-refractivity contribution is 7.09.